The molecule has 2 aliphatic rings. The van der Waals surface area contributed by atoms with E-state index in [4.69, 9.17) is 11.6 Å². The fourth-order valence-corrected chi connectivity index (χ4v) is 1.77. The highest BCUT2D eigenvalue weighted by atomic mass is 35.5. The van der Waals surface area contributed by atoms with Gasteiger partial charge in [0, 0.05) is 26.2 Å². The van der Waals surface area contributed by atoms with E-state index >= 15 is 0 Å². The van der Waals surface area contributed by atoms with Gasteiger partial charge in [-0.05, 0) is 6.42 Å². The molecule has 0 unspecified atom stereocenters. The van der Waals surface area contributed by atoms with Gasteiger partial charge in [0.2, 0.25) is 0 Å². The molecule has 66 valence electrons. The fraction of sp³-hybridized carbons (Fsp3) is 0.625. The van der Waals surface area contributed by atoms with Crippen LogP contribution in [0.5, 0.6) is 0 Å². The van der Waals surface area contributed by atoms with E-state index in [9.17, 15) is 0 Å². The second-order valence-corrected chi connectivity index (χ2v) is 3.55. The second-order valence-electron chi connectivity index (χ2n) is 3.16. The Bertz CT molecular complexity index is 247. The van der Waals surface area contributed by atoms with E-state index in [0.717, 1.165) is 19.8 Å². The maximum Gasteiger partial charge on any atom is 0.129 e. The van der Waals surface area contributed by atoms with E-state index in [2.05, 4.69) is 21.8 Å². The van der Waals surface area contributed by atoms with Gasteiger partial charge in [-0.25, -0.2) is 0 Å². The minimum atomic E-state index is 0.620. The zero-order chi connectivity index (χ0) is 8.55. The summed E-state index contributed by atoms with van der Waals surface area (Å²) in [5.74, 6) is 1.21. The lowest BCUT2D eigenvalue weighted by Gasteiger charge is -2.39. The van der Waals surface area contributed by atoms with Gasteiger partial charge in [0.05, 0.1) is 0 Å². The maximum atomic E-state index is 5.82. The van der Waals surface area contributed by atoms with Crippen LogP contribution < -0.4 is 0 Å². The van der Waals surface area contributed by atoms with Gasteiger partial charge >= 0.3 is 0 Å². The standard InChI is InChI=1S/C8H12ClN3/c1-11-3-2-4-12-6-10-7(9)5-8(11)12/h5H,2-4,6H2,1H3. The molecule has 0 N–H and O–H groups in total. The summed E-state index contributed by atoms with van der Waals surface area (Å²) >= 11 is 5.82. The van der Waals surface area contributed by atoms with Gasteiger partial charge in [-0.1, -0.05) is 11.6 Å². The molecule has 2 rings (SSSR count). The van der Waals surface area contributed by atoms with Crippen molar-refractivity contribution in [2.75, 3.05) is 26.8 Å². The molecule has 0 atom stereocenters. The Balaban J connectivity index is 2.23. The zero-order valence-electron chi connectivity index (χ0n) is 7.13. The highest BCUT2D eigenvalue weighted by molar-refractivity contribution is 6.68. The minimum absolute atomic E-state index is 0.620. The Morgan fingerprint density at radius 3 is 3.17 bits per heavy atom. The molecule has 0 amide bonds. The second kappa shape index (κ2) is 2.98. The molecule has 0 aromatic rings. The number of hydrogen-bond donors (Lipinski definition) is 0. The van der Waals surface area contributed by atoms with Crippen molar-refractivity contribution >= 4 is 16.8 Å². The summed E-state index contributed by atoms with van der Waals surface area (Å²) in [4.78, 5) is 8.62. The van der Waals surface area contributed by atoms with Gasteiger partial charge in [-0.2, -0.15) is 0 Å². The van der Waals surface area contributed by atoms with Crippen molar-refractivity contribution in [3.63, 3.8) is 0 Å². The highest BCUT2D eigenvalue weighted by Gasteiger charge is 2.21. The number of hydrogen-bond acceptors (Lipinski definition) is 3. The van der Waals surface area contributed by atoms with Crippen molar-refractivity contribution in [1.29, 1.82) is 0 Å². The van der Waals surface area contributed by atoms with Gasteiger partial charge in [-0.15, -0.1) is 0 Å². The van der Waals surface area contributed by atoms with Crippen LogP contribution in [0.3, 0.4) is 0 Å². The lowest BCUT2D eigenvalue weighted by molar-refractivity contribution is 0.184. The molecular formula is C8H12ClN3. The van der Waals surface area contributed by atoms with Crippen molar-refractivity contribution in [2.24, 2.45) is 4.99 Å². The third-order valence-corrected chi connectivity index (χ3v) is 2.51. The molecule has 0 spiro atoms. The quantitative estimate of drug-likeness (QED) is 0.563. The average molecular weight is 186 g/mol. The Hall–Kier alpha value is -0.700. The van der Waals surface area contributed by atoms with Crippen LogP contribution in [0, 0.1) is 0 Å². The molecule has 0 aromatic carbocycles. The van der Waals surface area contributed by atoms with E-state index < -0.39 is 0 Å². The molecule has 0 aliphatic carbocycles. The zero-order valence-corrected chi connectivity index (χ0v) is 7.88. The number of allylic oxidation sites excluding steroid dienone is 1. The molecule has 0 radical (unpaired) electrons. The summed E-state index contributed by atoms with van der Waals surface area (Å²) in [5, 5.41) is 0.620. The molecular weight excluding hydrogens is 174 g/mol. The van der Waals surface area contributed by atoms with Crippen molar-refractivity contribution in [2.45, 2.75) is 6.42 Å². The third kappa shape index (κ3) is 1.29. The summed E-state index contributed by atoms with van der Waals surface area (Å²) in [7, 11) is 2.09. The third-order valence-electron chi connectivity index (χ3n) is 2.28. The molecule has 0 aromatic heterocycles. The highest BCUT2D eigenvalue weighted by Crippen LogP contribution is 2.19. The number of rotatable bonds is 0. The predicted molar refractivity (Wildman–Crippen MR) is 50.2 cm³/mol. The lowest BCUT2D eigenvalue weighted by Crippen LogP contribution is -2.42. The largest absolute Gasteiger partial charge is 0.361 e. The normalized spacial score (nSPS) is 23.2. The van der Waals surface area contributed by atoms with E-state index in [1.54, 1.807) is 0 Å². The molecule has 2 aliphatic heterocycles. The summed E-state index contributed by atoms with van der Waals surface area (Å²) in [6, 6.07) is 0. The van der Waals surface area contributed by atoms with E-state index in [-0.39, 0.29) is 0 Å². The van der Waals surface area contributed by atoms with Gasteiger partial charge < -0.3 is 9.80 Å². The Labute approximate surface area is 77.3 Å². The number of halogens is 1. The first kappa shape index (κ1) is 7.92. The predicted octanol–water partition coefficient (Wildman–Crippen LogP) is 1.07. The van der Waals surface area contributed by atoms with Crippen molar-refractivity contribution in [3.8, 4) is 0 Å². The Morgan fingerprint density at radius 1 is 1.50 bits per heavy atom. The van der Waals surface area contributed by atoms with Crippen LogP contribution in [0.15, 0.2) is 16.9 Å². The van der Waals surface area contributed by atoms with Crippen LogP contribution in [0.1, 0.15) is 6.42 Å². The van der Waals surface area contributed by atoms with Crippen LogP contribution >= 0.6 is 11.6 Å². The Morgan fingerprint density at radius 2 is 2.33 bits per heavy atom. The summed E-state index contributed by atoms with van der Waals surface area (Å²) in [6.07, 6.45) is 3.14. The summed E-state index contributed by atoms with van der Waals surface area (Å²) < 4.78 is 0. The van der Waals surface area contributed by atoms with Crippen molar-refractivity contribution in [3.05, 3.63) is 11.9 Å². The first-order valence-electron chi connectivity index (χ1n) is 4.15. The first-order chi connectivity index (χ1) is 5.77. The van der Waals surface area contributed by atoms with Crippen LogP contribution in [-0.2, 0) is 0 Å². The van der Waals surface area contributed by atoms with E-state index in [0.29, 0.717) is 5.17 Å². The molecule has 2 heterocycles. The van der Waals surface area contributed by atoms with Crippen molar-refractivity contribution in [1.82, 2.24) is 9.80 Å². The number of aliphatic imine (C=N–C) groups is 1. The topological polar surface area (TPSA) is 18.8 Å². The van der Waals surface area contributed by atoms with Gasteiger partial charge in [0.1, 0.15) is 17.7 Å². The molecule has 0 bridgehead atoms. The first-order valence-corrected chi connectivity index (χ1v) is 4.53. The molecule has 0 saturated carbocycles. The maximum absolute atomic E-state index is 5.82. The fourth-order valence-electron chi connectivity index (χ4n) is 1.62. The number of fused-ring (bicyclic) bond motifs is 1. The van der Waals surface area contributed by atoms with Crippen LogP contribution in [0.25, 0.3) is 0 Å². The van der Waals surface area contributed by atoms with Crippen LogP contribution in [0.4, 0.5) is 0 Å². The summed E-state index contributed by atoms with van der Waals surface area (Å²) in [6.45, 7) is 2.94. The SMILES string of the molecule is CN1CCCN2CN=C(Cl)C=C12. The lowest BCUT2D eigenvalue weighted by atomic mass is 10.2. The van der Waals surface area contributed by atoms with Crippen molar-refractivity contribution < 1.29 is 0 Å². The monoisotopic (exact) mass is 185 g/mol. The molecule has 4 heteroatoms. The van der Waals surface area contributed by atoms with E-state index in [1.807, 2.05) is 6.08 Å². The average Bonchev–Trinajstić information content (AvgIpc) is 2.07. The summed E-state index contributed by atoms with van der Waals surface area (Å²) in [5.41, 5.74) is 0. The van der Waals surface area contributed by atoms with Crippen LogP contribution in [-0.4, -0.2) is 41.8 Å². The van der Waals surface area contributed by atoms with E-state index in [1.165, 1.54) is 12.2 Å². The molecule has 1 saturated heterocycles. The molecule has 12 heavy (non-hydrogen) atoms. The smallest absolute Gasteiger partial charge is 0.129 e. The molecule has 1 fully saturated rings. The van der Waals surface area contributed by atoms with Crippen LogP contribution in [0.2, 0.25) is 0 Å². The van der Waals surface area contributed by atoms with Gasteiger partial charge in [0.25, 0.3) is 0 Å². The van der Waals surface area contributed by atoms with Gasteiger partial charge in [-0.3, -0.25) is 4.99 Å². The number of nitrogens with zero attached hydrogens (tertiary/aromatic N) is 3. The molecule has 3 nitrogen and oxygen atoms in total. The minimum Gasteiger partial charge on any atom is -0.361 e. The van der Waals surface area contributed by atoms with Gasteiger partial charge in [0.15, 0.2) is 0 Å². The Kier molecular flexibility index (Phi) is 1.97.